The zero-order valence-corrected chi connectivity index (χ0v) is 18.0. The van der Waals surface area contributed by atoms with E-state index in [9.17, 15) is 0 Å². The van der Waals surface area contributed by atoms with Crippen molar-refractivity contribution in [1.29, 1.82) is 0 Å². The van der Waals surface area contributed by atoms with Crippen molar-refractivity contribution in [3.05, 3.63) is 16.1 Å². The van der Waals surface area contributed by atoms with Gasteiger partial charge in [-0.3, -0.25) is 4.99 Å². The van der Waals surface area contributed by atoms with Crippen LogP contribution in [0.15, 0.2) is 10.4 Å². The third-order valence-corrected chi connectivity index (χ3v) is 6.19. The molecule has 0 saturated heterocycles. The number of aliphatic imine (C=N–C) groups is 1. The van der Waals surface area contributed by atoms with Gasteiger partial charge in [0.25, 0.3) is 0 Å². The number of nitrogens with zero attached hydrogens (tertiary/aromatic N) is 2. The van der Waals surface area contributed by atoms with Gasteiger partial charge in [0.15, 0.2) is 5.96 Å². The van der Waals surface area contributed by atoms with Crippen LogP contribution in [0.25, 0.3) is 0 Å². The Kier molecular flexibility index (Phi) is 7.28. The van der Waals surface area contributed by atoms with Gasteiger partial charge in [0.1, 0.15) is 0 Å². The lowest BCUT2D eigenvalue weighted by molar-refractivity contribution is -0.176. The molecule has 7 heteroatoms. The van der Waals surface area contributed by atoms with E-state index in [1.54, 1.807) is 25.5 Å². The van der Waals surface area contributed by atoms with Gasteiger partial charge in [-0.1, -0.05) is 20.8 Å². The van der Waals surface area contributed by atoms with E-state index in [1.807, 2.05) is 0 Å². The Morgan fingerprint density at radius 3 is 2.65 bits per heavy atom. The smallest absolute Gasteiger partial charge is 0.191 e. The van der Waals surface area contributed by atoms with Crippen LogP contribution in [0.5, 0.6) is 0 Å². The molecule has 1 heterocycles. The van der Waals surface area contributed by atoms with E-state index in [4.69, 9.17) is 4.74 Å². The molecule has 1 fully saturated rings. The molecule has 2 rings (SSSR count). The molecule has 2 atom stereocenters. The van der Waals surface area contributed by atoms with Gasteiger partial charge in [0, 0.05) is 31.0 Å². The Labute approximate surface area is 160 Å². The summed E-state index contributed by atoms with van der Waals surface area (Å²) in [7, 11) is 3.59. The maximum atomic E-state index is 5.67. The minimum atomic E-state index is -0.0749. The van der Waals surface area contributed by atoms with Crippen molar-refractivity contribution in [1.82, 2.24) is 15.6 Å². The van der Waals surface area contributed by atoms with Crippen LogP contribution < -0.4 is 10.6 Å². The molecule has 1 aliphatic carbocycles. The molecule has 23 heavy (non-hydrogen) atoms. The fourth-order valence-electron chi connectivity index (χ4n) is 2.85. The first-order valence-electron chi connectivity index (χ1n) is 7.82. The van der Waals surface area contributed by atoms with E-state index in [-0.39, 0.29) is 35.0 Å². The number of methoxy groups -OCH3 is 1. The number of thiazole rings is 1. The summed E-state index contributed by atoms with van der Waals surface area (Å²) in [5.41, 5.74) is 1.06. The van der Waals surface area contributed by atoms with Gasteiger partial charge in [-0.25, -0.2) is 4.98 Å². The predicted molar refractivity (Wildman–Crippen MR) is 108 cm³/mol. The van der Waals surface area contributed by atoms with E-state index in [1.165, 1.54) is 5.01 Å². The molecule has 132 valence electrons. The fourth-order valence-corrected chi connectivity index (χ4v) is 3.59. The number of rotatable bonds is 5. The molecular weight excluding hydrogens is 423 g/mol. The highest BCUT2D eigenvalue weighted by molar-refractivity contribution is 14.0. The third-order valence-electron chi connectivity index (χ3n) is 5.15. The molecule has 0 amide bonds. The van der Waals surface area contributed by atoms with Gasteiger partial charge in [0.05, 0.1) is 22.8 Å². The Morgan fingerprint density at radius 2 is 2.17 bits per heavy atom. The fraction of sp³-hybridized carbons (Fsp3) is 0.750. The molecule has 1 aliphatic rings. The lowest BCUT2D eigenvalue weighted by Gasteiger charge is -2.59. The normalized spacial score (nSPS) is 26.2. The average molecular weight is 452 g/mol. The number of halogens is 1. The van der Waals surface area contributed by atoms with Gasteiger partial charge in [-0.2, -0.15) is 0 Å². The van der Waals surface area contributed by atoms with Gasteiger partial charge in [-0.15, -0.1) is 35.3 Å². The number of aromatic nitrogens is 1. The molecule has 1 saturated carbocycles. The van der Waals surface area contributed by atoms with Gasteiger partial charge in [-0.05, 0) is 19.8 Å². The second kappa shape index (κ2) is 8.11. The lowest BCUT2D eigenvalue weighted by Crippen LogP contribution is -2.69. The maximum Gasteiger partial charge on any atom is 0.191 e. The molecular formula is C16H29IN4OS. The first-order chi connectivity index (χ1) is 10.4. The summed E-state index contributed by atoms with van der Waals surface area (Å²) in [4.78, 5) is 8.89. The third kappa shape index (κ3) is 4.17. The quantitative estimate of drug-likeness (QED) is 0.410. The maximum absolute atomic E-state index is 5.67. The van der Waals surface area contributed by atoms with Crippen LogP contribution in [0, 0.1) is 5.41 Å². The van der Waals surface area contributed by atoms with E-state index in [2.05, 4.69) is 53.7 Å². The Balaban J connectivity index is 0.00000264. The summed E-state index contributed by atoms with van der Waals surface area (Å²) in [6, 6.07) is 0.352. The van der Waals surface area contributed by atoms with E-state index >= 15 is 0 Å². The van der Waals surface area contributed by atoms with Gasteiger partial charge >= 0.3 is 0 Å². The topological polar surface area (TPSA) is 58.5 Å². The first-order valence-corrected chi connectivity index (χ1v) is 8.70. The van der Waals surface area contributed by atoms with Crippen molar-refractivity contribution >= 4 is 41.3 Å². The largest absolute Gasteiger partial charge is 0.378 e. The zero-order valence-electron chi connectivity index (χ0n) is 14.9. The molecule has 2 N–H and O–H groups in total. The van der Waals surface area contributed by atoms with Crippen molar-refractivity contribution in [2.45, 2.75) is 58.7 Å². The van der Waals surface area contributed by atoms with E-state index < -0.39 is 0 Å². The summed E-state index contributed by atoms with van der Waals surface area (Å²) in [5.74, 6) is 0.822. The number of ether oxygens (including phenoxy) is 1. The highest BCUT2D eigenvalue weighted by atomic mass is 127. The molecule has 0 aliphatic heterocycles. The first kappa shape index (κ1) is 20.6. The van der Waals surface area contributed by atoms with Crippen LogP contribution in [0.2, 0.25) is 0 Å². The highest BCUT2D eigenvalue weighted by Crippen LogP contribution is 2.51. The molecule has 1 aromatic heterocycles. The van der Waals surface area contributed by atoms with Crippen molar-refractivity contribution in [3.8, 4) is 0 Å². The molecule has 5 nitrogen and oxygen atoms in total. The molecule has 0 radical (unpaired) electrons. The minimum Gasteiger partial charge on any atom is -0.378 e. The summed E-state index contributed by atoms with van der Waals surface area (Å²) in [5, 5.41) is 10.1. The van der Waals surface area contributed by atoms with Gasteiger partial charge in [0.2, 0.25) is 0 Å². The second-order valence-corrected chi connectivity index (χ2v) is 7.51. The summed E-state index contributed by atoms with van der Waals surface area (Å²) < 4.78 is 5.67. The zero-order chi connectivity index (χ0) is 16.4. The standard InChI is InChI=1S/C16H28N4OS.HI/c1-7-13-19-11(10-22-13)9-18-14(17-5)20-12-8-16(4,21-6)15(12,2)3;/h10,12H,7-9H2,1-6H3,(H2,17,18,20);1H. The Hall–Kier alpha value is -0.410. The molecule has 0 spiro atoms. The summed E-state index contributed by atoms with van der Waals surface area (Å²) >= 11 is 1.71. The van der Waals surface area contributed by atoms with Crippen LogP contribution >= 0.6 is 35.3 Å². The monoisotopic (exact) mass is 452 g/mol. The van der Waals surface area contributed by atoms with Crippen molar-refractivity contribution in [2.24, 2.45) is 10.4 Å². The molecule has 0 aromatic carbocycles. The van der Waals surface area contributed by atoms with Crippen LogP contribution in [0.3, 0.4) is 0 Å². The SMILES string of the molecule is CCc1nc(CNC(=NC)NC2CC(C)(OC)C2(C)C)cs1.I. The summed E-state index contributed by atoms with van der Waals surface area (Å²) in [6.07, 6.45) is 1.97. The van der Waals surface area contributed by atoms with Crippen molar-refractivity contribution in [2.75, 3.05) is 14.2 Å². The summed E-state index contributed by atoms with van der Waals surface area (Å²) in [6.45, 7) is 9.47. The molecule has 1 aromatic rings. The Bertz CT molecular complexity index is 546. The lowest BCUT2D eigenvalue weighted by atomic mass is 9.56. The molecule has 0 bridgehead atoms. The highest BCUT2D eigenvalue weighted by Gasteiger charge is 2.58. The van der Waals surface area contributed by atoms with E-state index in [0.29, 0.717) is 12.6 Å². The van der Waals surface area contributed by atoms with Crippen LogP contribution in [-0.2, 0) is 17.7 Å². The number of aryl methyl sites for hydroxylation is 1. The minimum absolute atomic E-state index is 0. The van der Waals surface area contributed by atoms with Crippen LogP contribution in [0.4, 0.5) is 0 Å². The number of guanidine groups is 1. The van der Waals surface area contributed by atoms with Crippen LogP contribution in [-0.4, -0.2) is 36.7 Å². The predicted octanol–water partition coefficient (Wildman–Crippen LogP) is 3.19. The Morgan fingerprint density at radius 1 is 1.48 bits per heavy atom. The average Bonchev–Trinajstić information content (AvgIpc) is 2.97. The number of nitrogens with one attached hydrogen (secondary N) is 2. The second-order valence-electron chi connectivity index (χ2n) is 6.57. The van der Waals surface area contributed by atoms with Crippen molar-refractivity contribution < 1.29 is 4.74 Å². The molecule has 2 unspecified atom stereocenters. The number of hydrogen-bond acceptors (Lipinski definition) is 4. The van der Waals surface area contributed by atoms with E-state index in [0.717, 1.165) is 24.5 Å². The number of hydrogen-bond donors (Lipinski definition) is 2. The van der Waals surface area contributed by atoms with Crippen LogP contribution in [0.1, 0.15) is 44.8 Å². The van der Waals surface area contributed by atoms with Gasteiger partial charge < -0.3 is 15.4 Å². The van der Waals surface area contributed by atoms with Crippen molar-refractivity contribution in [3.63, 3.8) is 0 Å².